The molecule has 1 aliphatic heterocycles. The molecule has 1 rings (SSSR count). The van der Waals surface area contributed by atoms with Crippen LogP contribution >= 0.6 is 0 Å². The smallest absolute Gasteiger partial charge is 0.404 e. The van der Waals surface area contributed by atoms with Crippen molar-refractivity contribution in [2.24, 2.45) is 0 Å². The van der Waals surface area contributed by atoms with Gasteiger partial charge in [-0.1, -0.05) is 0 Å². The summed E-state index contributed by atoms with van der Waals surface area (Å²) in [5.74, 6) is 0. The van der Waals surface area contributed by atoms with Gasteiger partial charge in [-0.2, -0.15) is 0 Å². The summed E-state index contributed by atoms with van der Waals surface area (Å²) in [6, 6.07) is -0.281. The number of carboxylic acid groups (broad SMARTS) is 1. The minimum Gasteiger partial charge on any atom is -0.465 e. The summed E-state index contributed by atoms with van der Waals surface area (Å²) < 4.78 is 12.6. The number of piperidine rings is 1. The van der Waals surface area contributed by atoms with Gasteiger partial charge in [0, 0.05) is 25.6 Å². The van der Waals surface area contributed by atoms with Crippen molar-refractivity contribution in [2.45, 2.75) is 18.6 Å². The maximum Gasteiger partial charge on any atom is 0.404 e. The predicted molar refractivity (Wildman–Crippen MR) is 37.3 cm³/mol. The van der Waals surface area contributed by atoms with Crippen molar-refractivity contribution in [1.82, 2.24) is 10.6 Å². The molecule has 11 heavy (non-hydrogen) atoms. The highest BCUT2D eigenvalue weighted by molar-refractivity contribution is 5.64. The minimum absolute atomic E-state index is 0.277. The third-order valence-corrected chi connectivity index (χ3v) is 1.62. The molecule has 0 spiro atoms. The zero-order chi connectivity index (χ0) is 8.27. The number of nitrogens with one attached hydrogen (secondary N) is 2. The van der Waals surface area contributed by atoms with Crippen molar-refractivity contribution in [3.63, 3.8) is 0 Å². The van der Waals surface area contributed by atoms with E-state index in [-0.39, 0.29) is 12.5 Å². The maximum atomic E-state index is 12.6. The number of hydrogen-bond donors (Lipinski definition) is 3. The molecular weight excluding hydrogens is 151 g/mol. The summed E-state index contributed by atoms with van der Waals surface area (Å²) in [6.07, 6.45) is -1.74. The fourth-order valence-corrected chi connectivity index (χ4v) is 1.17. The Hall–Kier alpha value is -0.840. The Bertz CT molecular complexity index is 154. The Labute approximate surface area is 63.8 Å². The molecule has 0 aromatic rings. The van der Waals surface area contributed by atoms with Crippen LogP contribution in [0.3, 0.4) is 0 Å². The lowest BCUT2D eigenvalue weighted by Crippen LogP contribution is -2.49. The second-order valence-electron chi connectivity index (χ2n) is 2.64. The number of carbonyl (C=O) groups is 1. The molecule has 1 fully saturated rings. The average Bonchev–Trinajstić information content (AvgIpc) is 1.85. The fraction of sp³-hybridized carbons (Fsp3) is 0.833. The summed E-state index contributed by atoms with van der Waals surface area (Å²) in [7, 11) is 0. The van der Waals surface area contributed by atoms with Gasteiger partial charge in [0.05, 0.1) is 0 Å². The van der Waals surface area contributed by atoms with Crippen molar-refractivity contribution in [3.05, 3.63) is 0 Å². The molecule has 0 aromatic carbocycles. The van der Waals surface area contributed by atoms with Gasteiger partial charge < -0.3 is 15.7 Å². The first-order valence-electron chi connectivity index (χ1n) is 3.52. The maximum absolute atomic E-state index is 12.6. The molecule has 2 atom stereocenters. The van der Waals surface area contributed by atoms with Crippen LogP contribution in [0.25, 0.3) is 0 Å². The Kier molecular flexibility index (Phi) is 2.64. The second-order valence-corrected chi connectivity index (χ2v) is 2.64. The Balaban J connectivity index is 2.28. The monoisotopic (exact) mass is 162 g/mol. The van der Waals surface area contributed by atoms with E-state index in [1.165, 1.54) is 0 Å². The third kappa shape index (κ3) is 2.71. The zero-order valence-corrected chi connectivity index (χ0v) is 6.01. The minimum atomic E-state index is -1.09. The molecule has 1 aliphatic rings. The molecule has 5 heteroatoms. The summed E-state index contributed by atoms with van der Waals surface area (Å²) in [5, 5.41) is 13.3. The van der Waals surface area contributed by atoms with Crippen LogP contribution in [0.1, 0.15) is 6.42 Å². The molecule has 1 amide bonds. The number of hydrogen-bond acceptors (Lipinski definition) is 2. The van der Waals surface area contributed by atoms with Gasteiger partial charge in [0.15, 0.2) is 0 Å². The van der Waals surface area contributed by atoms with Gasteiger partial charge in [0.1, 0.15) is 6.17 Å². The summed E-state index contributed by atoms with van der Waals surface area (Å²) in [4.78, 5) is 10.1. The lowest BCUT2D eigenvalue weighted by molar-refractivity contribution is 0.177. The fourth-order valence-electron chi connectivity index (χ4n) is 1.17. The molecule has 1 heterocycles. The summed E-state index contributed by atoms with van der Waals surface area (Å²) in [5.41, 5.74) is 0. The Morgan fingerprint density at radius 1 is 1.64 bits per heavy atom. The van der Waals surface area contributed by atoms with Crippen molar-refractivity contribution >= 4 is 6.09 Å². The van der Waals surface area contributed by atoms with Crippen LogP contribution in [0, 0.1) is 0 Å². The van der Waals surface area contributed by atoms with Crippen LogP contribution in [0.2, 0.25) is 0 Å². The predicted octanol–water partition coefficient (Wildman–Crippen LogP) is -0.0460. The molecule has 64 valence electrons. The first-order chi connectivity index (χ1) is 5.18. The SMILES string of the molecule is O=C(O)N[C@@H]1CNC[C@H](F)C1. The highest BCUT2D eigenvalue weighted by atomic mass is 19.1. The zero-order valence-electron chi connectivity index (χ0n) is 6.01. The van der Waals surface area contributed by atoms with Gasteiger partial charge in [-0.3, -0.25) is 0 Å². The standard InChI is InChI=1S/C6H11FN2O2/c7-4-1-5(3-8-2-4)9-6(10)11/h4-5,8-9H,1-3H2,(H,10,11)/t4-,5+/m1/s1. The van der Waals surface area contributed by atoms with Crippen molar-refractivity contribution in [1.29, 1.82) is 0 Å². The Morgan fingerprint density at radius 3 is 2.91 bits per heavy atom. The van der Waals surface area contributed by atoms with Crippen LogP contribution in [0.15, 0.2) is 0 Å². The van der Waals surface area contributed by atoms with Gasteiger partial charge in [-0.05, 0) is 0 Å². The van der Waals surface area contributed by atoms with E-state index in [9.17, 15) is 9.18 Å². The lowest BCUT2D eigenvalue weighted by Gasteiger charge is -2.25. The third-order valence-electron chi connectivity index (χ3n) is 1.62. The van der Waals surface area contributed by atoms with Gasteiger partial charge in [-0.15, -0.1) is 0 Å². The van der Waals surface area contributed by atoms with E-state index in [1.807, 2.05) is 0 Å². The van der Waals surface area contributed by atoms with Gasteiger partial charge >= 0.3 is 6.09 Å². The molecule has 0 bridgehead atoms. The van der Waals surface area contributed by atoms with Crippen LogP contribution in [-0.4, -0.2) is 36.5 Å². The van der Waals surface area contributed by atoms with Crippen LogP contribution in [0.5, 0.6) is 0 Å². The normalized spacial score (nSPS) is 31.4. The molecule has 0 radical (unpaired) electrons. The van der Waals surface area contributed by atoms with Gasteiger partial charge in [0.2, 0.25) is 0 Å². The van der Waals surface area contributed by atoms with E-state index in [0.717, 1.165) is 0 Å². The molecular formula is C6H11FN2O2. The first-order valence-corrected chi connectivity index (χ1v) is 3.52. The Morgan fingerprint density at radius 2 is 2.36 bits per heavy atom. The molecule has 4 nitrogen and oxygen atoms in total. The van der Waals surface area contributed by atoms with Gasteiger partial charge in [-0.25, -0.2) is 9.18 Å². The summed E-state index contributed by atoms with van der Waals surface area (Å²) in [6.45, 7) is 0.852. The number of halogens is 1. The van der Waals surface area contributed by atoms with Gasteiger partial charge in [0.25, 0.3) is 0 Å². The van der Waals surface area contributed by atoms with E-state index < -0.39 is 12.3 Å². The van der Waals surface area contributed by atoms with E-state index in [1.54, 1.807) is 0 Å². The average molecular weight is 162 g/mol. The van der Waals surface area contributed by atoms with Crippen molar-refractivity contribution in [3.8, 4) is 0 Å². The van der Waals surface area contributed by atoms with Crippen molar-refractivity contribution < 1.29 is 14.3 Å². The first kappa shape index (κ1) is 8.26. The summed E-state index contributed by atoms with van der Waals surface area (Å²) >= 11 is 0. The van der Waals surface area contributed by atoms with Crippen molar-refractivity contribution in [2.75, 3.05) is 13.1 Å². The second kappa shape index (κ2) is 3.52. The number of rotatable bonds is 1. The van der Waals surface area contributed by atoms with Crippen LogP contribution < -0.4 is 10.6 Å². The molecule has 1 saturated heterocycles. The van der Waals surface area contributed by atoms with Crippen LogP contribution in [-0.2, 0) is 0 Å². The topological polar surface area (TPSA) is 61.4 Å². The number of alkyl halides is 1. The molecule has 0 aromatic heterocycles. The van der Waals surface area contributed by atoms with E-state index in [0.29, 0.717) is 13.1 Å². The van der Waals surface area contributed by atoms with E-state index in [2.05, 4.69) is 10.6 Å². The lowest BCUT2D eigenvalue weighted by atomic mass is 10.1. The highest BCUT2D eigenvalue weighted by Crippen LogP contribution is 2.05. The van der Waals surface area contributed by atoms with Crippen LogP contribution in [0.4, 0.5) is 9.18 Å². The number of amides is 1. The molecule has 0 aliphatic carbocycles. The quantitative estimate of drug-likeness (QED) is 0.506. The largest absolute Gasteiger partial charge is 0.465 e. The molecule has 3 N–H and O–H groups in total. The van der Waals surface area contributed by atoms with E-state index >= 15 is 0 Å². The highest BCUT2D eigenvalue weighted by Gasteiger charge is 2.21. The molecule has 0 unspecified atom stereocenters. The molecule has 0 saturated carbocycles. The van der Waals surface area contributed by atoms with E-state index in [4.69, 9.17) is 5.11 Å².